The normalized spacial score (nSPS) is 11.8. The molecule has 75 heavy (non-hydrogen) atoms. The van der Waals surface area contributed by atoms with Gasteiger partial charge in [-0.15, -0.1) is 0 Å². The van der Waals surface area contributed by atoms with Crippen molar-refractivity contribution in [1.29, 1.82) is 10.5 Å². The molecule has 4 aromatic heterocycles. The first-order valence-corrected chi connectivity index (χ1v) is 25.3. The van der Waals surface area contributed by atoms with Gasteiger partial charge in [0.05, 0.1) is 78.8 Å². The summed E-state index contributed by atoms with van der Waals surface area (Å²) >= 11 is 0. The Balaban J connectivity index is 1.08. The zero-order valence-electron chi connectivity index (χ0n) is 40.7. The van der Waals surface area contributed by atoms with Crippen molar-refractivity contribution in [3.8, 4) is 57.1 Å². The summed E-state index contributed by atoms with van der Waals surface area (Å²) < 4.78 is 9.67. The maximum absolute atomic E-state index is 10.8. The number of para-hydroxylation sites is 6. The smallest absolute Gasteiger partial charge is 0.0992 e. The van der Waals surface area contributed by atoms with Crippen LogP contribution in [0.15, 0.2) is 237 Å². The molecule has 0 radical (unpaired) electrons. The molecular formula is C69H42N6. The van der Waals surface area contributed by atoms with Gasteiger partial charge in [0.2, 0.25) is 0 Å². The second kappa shape index (κ2) is 16.3. The molecule has 0 amide bonds. The molecule has 0 saturated carbocycles. The lowest BCUT2D eigenvalue weighted by molar-refractivity contribution is 1.16. The van der Waals surface area contributed by atoms with Crippen LogP contribution >= 0.6 is 0 Å². The maximum Gasteiger partial charge on any atom is 0.0992 e. The number of benzene rings is 11. The Morgan fingerprint density at radius 1 is 0.307 bits per heavy atom. The second-order valence-corrected chi connectivity index (χ2v) is 19.5. The lowest BCUT2D eigenvalue weighted by Gasteiger charge is -2.20. The molecule has 0 spiro atoms. The molecule has 0 unspecified atom stereocenters. The summed E-state index contributed by atoms with van der Waals surface area (Å²) in [7, 11) is 0. The minimum atomic E-state index is 0.568. The lowest BCUT2D eigenvalue weighted by Crippen LogP contribution is -2.03. The van der Waals surface area contributed by atoms with Crippen LogP contribution < -0.4 is 0 Å². The summed E-state index contributed by atoms with van der Waals surface area (Å²) in [4.78, 5) is 0. The molecule has 0 atom stereocenters. The van der Waals surface area contributed by atoms with Gasteiger partial charge in [-0.2, -0.15) is 10.5 Å². The van der Waals surface area contributed by atoms with Gasteiger partial charge in [0.15, 0.2) is 0 Å². The van der Waals surface area contributed by atoms with Crippen molar-refractivity contribution in [3.05, 3.63) is 253 Å². The summed E-state index contributed by atoms with van der Waals surface area (Å²) in [5.41, 5.74) is 19.2. The van der Waals surface area contributed by atoms with E-state index >= 15 is 0 Å². The van der Waals surface area contributed by atoms with E-state index in [1.165, 1.54) is 21.5 Å². The van der Waals surface area contributed by atoms with Crippen molar-refractivity contribution in [2.75, 3.05) is 0 Å². The van der Waals surface area contributed by atoms with E-state index in [4.69, 9.17) is 0 Å². The fourth-order valence-corrected chi connectivity index (χ4v) is 12.4. The Bertz CT molecular complexity index is 4970. The zero-order chi connectivity index (χ0) is 49.9. The van der Waals surface area contributed by atoms with Crippen molar-refractivity contribution in [2.45, 2.75) is 6.92 Å². The third-order valence-corrected chi connectivity index (χ3v) is 15.5. The number of rotatable bonds is 6. The van der Waals surface area contributed by atoms with Gasteiger partial charge < -0.3 is 18.3 Å². The number of fused-ring (bicyclic) bond motifs is 14. The van der Waals surface area contributed by atoms with Crippen LogP contribution in [0.1, 0.15) is 16.7 Å². The highest BCUT2D eigenvalue weighted by Gasteiger charge is 2.26. The topological polar surface area (TPSA) is 67.3 Å². The molecule has 0 aliphatic rings. The Hall–Kier alpha value is -10.4. The standard InChI is InChI=1S/C69H42N6/c1-43-38-44(41-70)28-31-49(43)46-30-33-53(65(40-46)75-61-27-15-11-23-57(61)67-63(75)37-35-55-51-21-9-13-25-59(51)73(69(55)67)48-18-6-3-7-19-48)52-32-29-45(42-71)39-64(52)74-60-26-14-10-22-56(60)66-62(74)36-34-54-50-20-8-12-24-58(50)72(68(54)66)47-16-4-2-5-17-47/h2-40H,1H3. The summed E-state index contributed by atoms with van der Waals surface area (Å²) in [6, 6.07) is 89.1. The third kappa shape index (κ3) is 6.12. The van der Waals surface area contributed by atoms with Gasteiger partial charge in [0.1, 0.15) is 0 Å². The zero-order valence-corrected chi connectivity index (χ0v) is 40.7. The van der Waals surface area contributed by atoms with Crippen molar-refractivity contribution < 1.29 is 0 Å². The second-order valence-electron chi connectivity index (χ2n) is 19.5. The molecule has 348 valence electrons. The van der Waals surface area contributed by atoms with Crippen LogP contribution in [-0.2, 0) is 0 Å². The van der Waals surface area contributed by atoms with Crippen LogP contribution in [0.2, 0.25) is 0 Å². The largest absolute Gasteiger partial charge is 0.309 e. The highest BCUT2D eigenvalue weighted by atomic mass is 15.0. The van der Waals surface area contributed by atoms with Gasteiger partial charge >= 0.3 is 0 Å². The molecule has 0 N–H and O–H groups in total. The van der Waals surface area contributed by atoms with E-state index in [-0.39, 0.29) is 0 Å². The van der Waals surface area contributed by atoms with E-state index < -0.39 is 0 Å². The Morgan fingerprint density at radius 3 is 1.19 bits per heavy atom. The van der Waals surface area contributed by atoms with Crippen molar-refractivity contribution >= 4 is 87.2 Å². The van der Waals surface area contributed by atoms with Crippen LogP contribution in [0.4, 0.5) is 0 Å². The SMILES string of the molecule is Cc1cc(C#N)ccc1-c1ccc(-c2ccc(C#N)cc2-n2c3ccccc3c3c2ccc2c4ccccc4n(-c4ccccc4)c23)c(-n2c3ccccc3c3c2ccc2c4ccccc4n(-c4ccccc4)c23)c1. The molecule has 0 bridgehead atoms. The quantitative estimate of drug-likeness (QED) is 0.167. The number of hydrogen-bond acceptors (Lipinski definition) is 2. The van der Waals surface area contributed by atoms with Gasteiger partial charge in [-0.25, -0.2) is 0 Å². The minimum absolute atomic E-state index is 0.568. The van der Waals surface area contributed by atoms with Crippen LogP contribution in [0.5, 0.6) is 0 Å². The molecule has 0 saturated heterocycles. The molecule has 11 aromatic carbocycles. The monoisotopic (exact) mass is 954 g/mol. The van der Waals surface area contributed by atoms with Gasteiger partial charge in [-0.1, -0.05) is 146 Å². The van der Waals surface area contributed by atoms with Gasteiger partial charge in [0.25, 0.3) is 0 Å². The predicted octanol–water partition coefficient (Wildman–Crippen LogP) is 17.5. The summed E-state index contributed by atoms with van der Waals surface area (Å²) in [6.45, 7) is 2.08. The average Bonchev–Trinajstić information content (AvgIpc) is 4.31. The number of nitrogens with zero attached hydrogens (tertiary/aromatic N) is 6. The van der Waals surface area contributed by atoms with Crippen molar-refractivity contribution in [3.63, 3.8) is 0 Å². The predicted molar refractivity (Wildman–Crippen MR) is 309 cm³/mol. The molecule has 0 aliphatic carbocycles. The third-order valence-electron chi connectivity index (χ3n) is 15.5. The molecule has 6 heteroatoms. The minimum Gasteiger partial charge on any atom is -0.309 e. The van der Waals surface area contributed by atoms with Crippen LogP contribution in [0.3, 0.4) is 0 Å². The first-order chi connectivity index (χ1) is 37.1. The first kappa shape index (κ1) is 42.3. The Labute approximate surface area is 431 Å². The molecule has 15 aromatic rings. The highest BCUT2D eigenvalue weighted by molar-refractivity contribution is 6.28. The first-order valence-electron chi connectivity index (χ1n) is 25.3. The Morgan fingerprint density at radius 2 is 0.707 bits per heavy atom. The summed E-state index contributed by atoms with van der Waals surface area (Å²) in [6.07, 6.45) is 0. The number of nitriles is 2. The van der Waals surface area contributed by atoms with Gasteiger partial charge in [-0.3, -0.25) is 0 Å². The fourth-order valence-electron chi connectivity index (χ4n) is 12.4. The molecule has 15 rings (SSSR count). The number of aryl methyl sites for hydroxylation is 1. The van der Waals surface area contributed by atoms with E-state index in [2.05, 4.69) is 256 Å². The number of aromatic nitrogens is 4. The molecular weight excluding hydrogens is 913 g/mol. The number of hydrogen-bond donors (Lipinski definition) is 0. The molecule has 4 heterocycles. The van der Waals surface area contributed by atoms with Crippen molar-refractivity contribution in [2.24, 2.45) is 0 Å². The highest BCUT2D eigenvalue weighted by Crippen LogP contribution is 2.47. The van der Waals surface area contributed by atoms with Gasteiger partial charge in [-0.05, 0) is 115 Å². The molecule has 0 aliphatic heterocycles. The average molecular weight is 955 g/mol. The summed E-state index contributed by atoms with van der Waals surface area (Å²) in [5, 5.41) is 30.0. The van der Waals surface area contributed by atoms with E-state index in [1.807, 2.05) is 18.2 Å². The molecule has 0 fully saturated rings. The molecule has 6 nitrogen and oxygen atoms in total. The fraction of sp³-hybridized carbons (Fsp3) is 0.0145. The Kier molecular flexibility index (Phi) is 9.20. The van der Waals surface area contributed by atoms with E-state index in [0.29, 0.717) is 11.1 Å². The van der Waals surface area contributed by atoms with Crippen LogP contribution in [0.25, 0.3) is 132 Å². The summed E-state index contributed by atoms with van der Waals surface area (Å²) in [5.74, 6) is 0. The van der Waals surface area contributed by atoms with E-state index in [0.717, 1.165) is 116 Å². The maximum atomic E-state index is 10.8. The van der Waals surface area contributed by atoms with E-state index in [9.17, 15) is 10.5 Å². The van der Waals surface area contributed by atoms with Crippen molar-refractivity contribution in [1.82, 2.24) is 18.3 Å². The van der Waals surface area contributed by atoms with E-state index in [1.54, 1.807) is 0 Å². The van der Waals surface area contributed by atoms with Crippen LogP contribution in [0, 0.1) is 29.6 Å². The lowest BCUT2D eigenvalue weighted by atomic mass is 9.93. The van der Waals surface area contributed by atoms with Crippen LogP contribution in [-0.4, -0.2) is 18.3 Å². The van der Waals surface area contributed by atoms with Gasteiger partial charge in [0, 0.05) is 65.6 Å².